The summed E-state index contributed by atoms with van der Waals surface area (Å²) in [6.45, 7) is 2.74. The van der Waals surface area contributed by atoms with Crippen LogP contribution in [0.4, 0.5) is 0 Å². The minimum absolute atomic E-state index is 0.0586. The van der Waals surface area contributed by atoms with Crippen molar-refractivity contribution in [3.05, 3.63) is 29.8 Å². The van der Waals surface area contributed by atoms with Gasteiger partial charge in [0.25, 0.3) is 0 Å². The number of thioether (sulfide) groups is 1. The van der Waals surface area contributed by atoms with Crippen molar-refractivity contribution in [2.75, 3.05) is 12.3 Å². The fourth-order valence-corrected chi connectivity index (χ4v) is 3.02. The van der Waals surface area contributed by atoms with Crippen molar-refractivity contribution in [3.8, 4) is 0 Å². The van der Waals surface area contributed by atoms with Gasteiger partial charge in [0.1, 0.15) is 6.04 Å². The molecule has 1 aliphatic rings. The standard InChI is InChI=1S/C15H20N2O2S/c1-11-6-2-3-8-13(11)20-10-14(18)17-12-7-4-5-9-16-15(12)19/h2-3,6,8,12H,4-5,7,9-10H2,1H3,(H,16,19)(H,17,18). The molecule has 1 atom stereocenters. The summed E-state index contributed by atoms with van der Waals surface area (Å²) in [5.41, 5.74) is 1.16. The number of hydrogen-bond acceptors (Lipinski definition) is 3. The van der Waals surface area contributed by atoms with Crippen LogP contribution in [0.2, 0.25) is 0 Å². The van der Waals surface area contributed by atoms with Crippen LogP contribution in [-0.4, -0.2) is 30.2 Å². The van der Waals surface area contributed by atoms with Crippen molar-refractivity contribution in [1.29, 1.82) is 0 Å². The molecular weight excluding hydrogens is 272 g/mol. The molecule has 1 unspecified atom stereocenters. The largest absolute Gasteiger partial charge is 0.354 e. The Labute approximate surface area is 123 Å². The van der Waals surface area contributed by atoms with Crippen LogP contribution in [0.15, 0.2) is 29.2 Å². The first kappa shape index (κ1) is 14.9. The highest BCUT2D eigenvalue weighted by atomic mass is 32.2. The van der Waals surface area contributed by atoms with Gasteiger partial charge < -0.3 is 10.6 Å². The number of rotatable bonds is 4. The molecule has 0 aliphatic carbocycles. The molecule has 20 heavy (non-hydrogen) atoms. The molecule has 5 heteroatoms. The van der Waals surface area contributed by atoms with E-state index >= 15 is 0 Å². The average Bonchev–Trinajstić information content (AvgIpc) is 2.63. The summed E-state index contributed by atoms with van der Waals surface area (Å²) in [5.74, 6) is 0.200. The summed E-state index contributed by atoms with van der Waals surface area (Å²) in [5, 5.41) is 5.65. The summed E-state index contributed by atoms with van der Waals surface area (Å²) < 4.78 is 0. The quantitative estimate of drug-likeness (QED) is 0.833. The highest BCUT2D eigenvalue weighted by Crippen LogP contribution is 2.21. The minimum Gasteiger partial charge on any atom is -0.354 e. The Balaban J connectivity index is 1.83. The van der Waals surface area contributed by atoms with E-state index in [0.29, 0.717) is 12.3 Å². The van der Waals surface area contributed by atoms with E-state index in [1.165, 1.54) is 11.8 Å². The predicted octanol–water partition coefficient (Wildman–Crippen LogP) is 1.87. The molecule has 2 rings (SSSR count). The second kappa shape index (κ2) is 7.33. The van der Waals surface area contributed by atoms with Crippen LogP contribution in [-0.2, 0) is 9.59 Å². The summed E-state index contributed by atoms with van der Waals surface area (Å²) in [7, 11) is 0. The van der Waals surface area contributed by atoms with E-state index in [2.05, 4.69) is 10.6 Å². The Morgan fingerprint density at radius 1 is 1.40 bits per heavy atom. The molecule has 0 radical (unpaired) electrons. The maximum Gasteiger partial charge on any atom is 0.242 e. The maximum atomic E-state index is 11.9. The van der Waals surface area contributed by atoms with Gasteiger partial charge in [-0.3, -0.25) is 9.59 Å². The first-order valence-electron chi connectivity index (χ1n) is 6.92. The molecule has 0 saturated carbocycles. The first-order valence-corrected chi connectivity index (χ1v) is 7.91. The van der Waals surface area contributed by atoms with Crippen LogP contribution in [0.1, 0.15) is 24.8 Å². The molecule has 1 saturated heterocycles. The Bertz CT molecular complexity index is 491. The SMILES string of the molecule is Cc1ccccc1SCC(=O)NC1CCCCNC1=O. The Morgan fingerprint density at radius 2 is 2.20 bits per heavy atom. The lowest BCUT2D eigenvalue weighted by Gasteiger charge is -2.15. The molecule has 1 aromatic carbocycles. The summed E-state index contributed by atoms with van der Waals surface area (Å²) in [4.78, 5) is 24.8. The van der Waals surface area contributed by atoms with E-state index < -0.39 is 0 Å². The first-order chi connectivity index (χ1) is 9.66. The van der Waals surface area contributed by atoms with Gasteiger partial charge in [-0.25, -0.2) is 0 Å². The van der Waals surface area contributed by atoms with Gasteiger partial charge >= 0.3 is 0 Å². The maximum absolute atomic E-state index is 11.9. The third-order valence-electron chi connectivity index (χ3n) is 3.32. The monoisotopic (exact) mass is 292 g/mol. The van der Waals surface area contributed by atoms with Crippen molar-refractivity contribution >= 4 is 23.6 Å². The van der Waals surface area contributed by atoms with Crippen LogP contribution in [0.25, 0.3) is 0 Å². The molecule has 0 bridgehead atoms. The number of aryl methyl sites for hydroxylation is 1. The molecule has 0 aromatic heterocycles. The van der Waals surface area contributed by atoms with Crippen molar-refractivity contribution in [2.45, 2.75) is 37.1 Å². The summed E-state index contributed by atoms with van der Waals surface area (Å²) >= 11 is 1.51. The van der Waals surface area contributed by atoms with Gasteiger partial charge in [0.15, 0.2) is 0 Å². The van der Waals surface area contributed by atoms with Gasteiger partial charge in [0.05, 0.1) is 5.75 Å². The lowest BCUT2D eigenvalue weighted by Crippen LogP contribution is -2.46. The van der Waals surface area contributed by atoms with Gasteiger partial charge in [0, 0.05) is 11.4 Å². The van der Waals surface area contributed by atoms with Crippen molar-refractivity contribution < 1.29 is 9.59 Å². The zero-order chi connectivity index (χ0) is 14.4. The third kappa shape index (κ3) is 4.27. The molecule has 2 amide bonds. The van der Waals surface area contributed by atoms with Gasteiger partial charge in [-0.05, 0) is 37.8 Å². The normalized spacial score (nSPS) is 19.1. The molecule has 1 fully saturated rings. The van der Waals surface area contributed by atoms with Gasteiger partial charge in [0.2, 0.25) is 11.8 Å². The number of amides is 2. The van der Waals surface area contributed by atoms with Crippen LogP contribution in [0.3, 0.4) is 0 Å². The Hall–Kier alpha value is -1.49. The fourth-order valence-electron chi connectivity index (χ4n) is 2.17. The molecular formula is C15H20N2O2S. The zero-order valence-corrected chi connectivity index (χ0v) is 12.5. The van der Waals surface area contributed by atoms with Crippen LogP contribution < -0.4 is 10.6 Å². The Morgan fingerprint density at radius 3 is 3.00 bits per heavy atom. The summed E-state index contributed by atoms with van der Waals surface area (Å²) in [6, 6.07) is 7.61. The van der Waals surface area contributed by atoms with Crippen molar-refractivity contribution in [2.24, 2.45) is 0 Å². The lowest BCUT2D eigenvalue weighted by molar-refractivity contribution is -0.127. The smallest absolute Gasteiger partial charge is 0.242 e. The van der Waals surface area contributed by atoms with Crippen molar-refractivity contribution in [1.82, 2.24) is 10.6 Å². The van der Waals surface area contributed by atoms with Crippen molar-refractivity contribution in [3.63, 3.8) is 0 Å². The topological polar surface area (TPSA) is 58.2 Å². The van der Waals surface area contributed by atoms with Crippen LogP contribution in [0, 0.1) is 6.92 Å². The van der Waals surface area contributed by atoms with E-state index in [1.54, 1.807) is 0 Å². The van der Waals surface area contributed by atoms with E-state index in [0.717, 1.165) is 29.7 Å². The van der Waals surface area contributed by atoms with E-state index in [9.17, 15) is 9.59 Å². The van der Waals surface area contributed by atoms with Gasteiger partial charge in [-0.2, -0.15) is 0 Å². The molecule has 4 nitrogen and oxygen atoms in total. The molecule has 1 heterocycles. The van der Waals surface area contributed by atoms with Crippen LogP contribution >= 0.6 is 11.8 Å². The van der Waals surface area contributed by atoms with E-state index in [4.69, 9.17) is 0 Å². The number of benzene rings is 1. The second-order valence-electron chi connectivity index (χ2n) is 4.96. The average molecular weight is 292 g/mol. The van der Waals surface area contributed by atoms with Gasteiger partial charge in [-0.1, -0.05) is 18.2 Å². The van der Waals surface area contributed by atoms with E-state index in [1.807, 2.05) is 31.2 Å². The molecule has 2 N–H and O–H groups in total. The number of hydrogen-bond donors (Lipinski definition) is 2. The Kier molecular flexibility index (Phi) is 5.47. The fraction of sp³-hybridized carbons (Fsp3) is 0.467. The molecule has 1 aromatic rings. The van der Waals surface area contributed by atoms with Gasteiger partial charge in [-0.15, -0.1) is 11.8 Å². The zero-order valence-electron chi connectivity index (χ0n) is 11.6. The highest BCUT2D eigenvalue weighted by Gasteiger charge is 2.22. The second-order valence-corrected chi connectivity index (χ2v) is 5.98. The number of nitrogens with one attached hydrogen (secondary N) is 2. The minimum atomic E-state index is -0.373. The predicted molar refractivity (Wildman–Crippen MR) is 80.7 cm³/mol. The molecule has 0 spiro atoms. The highest BCUT2D eigenvalue weighted by molar-refractivity contribution is 8.00. The third-order valence-corrected chi connectivity index (χ3v) is 4.50. The lowest BCUT2D eigenvalue weighted by atomic mass is 10.1. The molecule has 108 valence electrons. The number of carbonyl (C=O) groups is 2. The van der Waals surface area contributed by atoms with E-state index in [-0.39, 0.29) is 17.9 Å². The summed E-state index contributed by atoms with van der Waals surface area (Å²) in [6.07, 6.45) is 2.68. The van der Waals surface area contributed by atoms with Crippen LogP contribution in [0.5, 0.6) is 0 Å². The molecule has 1 aliphatic heterocycles. The number of carbonyl (C=O) groups excluding carboxylic acids is 2.